The Hall–Kier alpha value is -3.29. The van der Waals surface area contributed by atoms with Gasteiger partial charge < -0.3 is 10.1 Å². The van der Waals surface area contributed by atoms with E-state index in [1.807, 2.05) is 0 Å². The Kier molecular flexibility index (Phi) is 3.96. The van der Waals surface area contributed by atoms with Crippen molar-refractivity contribution < 1.29 is 13.9 Å². The van der Waals surface area contributed by atoms with Crippen LogP contribution in [0.25, 0.3) is 5.69 Å². The highest BCUT2D eigenvalue weighted by molar-refractivity contribution is 6.04. The molecule has 0 aliphatic rings. The number of anilines is 1. The molecule has 23 heavy (non-hydrogen) atoms. The lowest BCUT2D eigenvalue weighted by atomic mass is 10.2. The van der Waals surface area contributed by atoms with E-state index in [-0.39, 0.29) is 5.56 Å². The average molecular weight is 313 g/mol. The molecule has 3 aromatic rings. The van der Waals surface area contributed by atoms with Gasteiger partial charge in [0.2, 0.25) is 0 Å². The molecule has 0 fully saturated rings. The highest BCUT2D eigenvalue weighted by Crippen LogP contribution is 2.25. The van der Waals surface area contributed by atoms with Gasteiger partial charge in [0, 0.05) is 11.3 Å². The normalized spacial score (nSPS) is 10.3. The summed E-state index contributed by atoms with van der Waals surface area (Å²) in [6.45, 7) is 0. The molecule has 0 bridgehead atoms. The molecule has 7 nitrogen and oxygen atoms in total. The number of nitrogens with zero attached hydrogens (tertiary/aromatic N) is 4. The van der Waals surface area contributed by atoms with Crippen molar-refractivity contribution in [2.45, 2.75) is 0 Å². The van der Waals surface area contributed by atoms with E-state index in [2.05, 4.69) is 20.8 Å². The number of carbonyl (C=O) groups is 1. The van der Waals surface area contributed by atoms with E-state index in [0.717, 1.165) is 0 Å². The molecule has 1 heterocycles. The summed E-state index contributed by atoms with van der Waals surface area (Å²) >= 11 is 0. The summed E-state index contributed by atoms with van der Waals surface area (Å²) in [6, 6.07) is 10.5. The van der Waals surface area contributed by atoms with Gasteiger partial charge in [0.05, 0.1) is 7.11 Å². The molecule has 0 aliphatic heterocycles. The number of benzene rings is 2. The molecule has 0 spiro atoms. The van der Waals surface area contributed by atoms with E-state index in [1.54, 1.807) is 18.2 Å². The van der Waals surface area contributed by atoms with Crippen molar-refractivity contribution in [3.05, 3.63) is 60.2 Å². The van der Waals surface area contributed by atoms with Crippen LogP contribution in [0.5, 0.6) is 5.75 Å². The van der Waals surface area contributed by atoms with Gasteiger partial charge in [0.1, 0.15) is 23.6 Å². The number of carbonyl (C=O) groups excluding carboxylic acids is 1. The molecule has 0 aliphatic carbocycles. The fourth-order valence-electron chi connectivity index (χ4n) is 2.05. The minimum absolute atomic E-state index is 0.227. The Balaban J connectivity index is 1.89. The van der Waals surface area contributed by atoms with E-state index in [4.69, 9.17) is 4.74 Å². The second-order valence-corrected chi connectivity index (χ2v) is 4.61. The van der Waals surface area contributed by atoms with Crippen molar-refractivity contribution >= 4 is 11.6 Å². The highest BCUT2D eigenvalue weighted by Gasteiger charge is 2.11. The molecular weight excluding hydrogens is 301 g/mol. The van der Waals surface area contributed by atoms with Gasteiger partial charge >= 0.3 is 0 Å². The number of halogens is 1. The molecule has 0 radical (unpaired) electrons. The van der Waals surface area contributed by atoms with Crippen LogP contribution in [0.1, 0.15) is 10.4 Å². The SMILES string of the molecule is COc1ccc(NC(=O)c2cccc(F)c2)cc1-n1cnnn1. The Morgan fingerprint density at radius 1 is 1.26 bits per heavy atom. The third-order valence-electron chi connectivity index (χ3n) is 3.12. The van der Waals surface area contributed by atoms with Crippen LogP contribution in [-0.4, -0.2) is 33.2 Å². The summed E-state index contributed by atoms with van der Waals surface area (Å²) in [5, 5.41) is 13.6. The number of amides is 1. The summed E-state index contributed by atoms with van der Waals surface area (Å²) in [7, 11) is 1.52. The van der Waals surface area contributed by atoms with Gasteiger partial charge in [-0.25, -0.2) is 4.39 Å². The Morgan fingerprint density at radius 3 is 2.83 bits per heavy atom. The average Bonchev–Trinajstić information content (AvgIpc) is 3.09. The van der Waals surface area contributed by atoms with Gasteiger partial charge in [0.15, 0.2) is 0 Å². The molecule has 1 N–H and O–H groups in total. The standard InChI is InChI=1S/C15H12FN5O2/c1-23-14-6-5-12(8-13(14)21-9-17-19-20-21)18-15(22)10-3-2-4-11(16)7-10/h2-9H,1H3,(H,18,22). The molecule has 1 aromatic heterocycles. The summed E-state index contributed by atoms with van der Waals surface area (Å²) in [6.07, 6.45) is 1.41. The zero-order valence-electron chi connectivity index (χ0n) is 12.1. The summed E-state index contributed by atoms with van der Waals surface area (Å²) in [5.41, 5.74) is 1.30. The number of hydrogen-bond acceptors (Lipinski definition) is 5. The van der Waals surface area contributed by atoms with E-state index in [0.29, 0.717) is 17.1 Å². The fraction of sp³-hybridized carbons (Fsp3) is 0.0667. The fourth-order valence-corrected chi connectivity index (χ4v) is 2.05. The Bertz CT molecular complexity index is 836. The molecule has 2 aromatic carbocycles. The van der Waals surface area contributed by atoms with Crippen LogP contribution in [0.4, 0.5) is 10.1 Å². The van der Waals surface area contributed by atoms with Gasteiger partial charge in [-0.15, -0.1) is 5.10 Å². The molecule has 0 saturated carbocycles. The molecule has 3 rings (SSSR count). The van der Waals surface area contributed by atoms with Crippen molar-refractivity contribution in [3.8, 4) is 11.4 Å². The number of methoxy groups -OCH3 is 1. The Morgan fingerprint density at radius 2 is 2.13 bits per heavy atom. The number of hydrogen-bond donors (Lipinski definition) is 1. The van der Waals surface area contributed by atoms with Crippen molar-refractivity contribution in [2.75, 3.05) is 12.4 Å². The van der Waals surface area contributed by atoms with E-state index >= 15 is 0 Å². The number of rotatable bonds is 4. The van der Waals surface area contributed by atoms with Gasteiger partial charge in [-0.05, 0) is 46.8 Å². The second-order valence-electron chi connectivity index (χ2n) is 4.61. The largest absolute Gasteiger partial charge is 0.494 e. The van der Waals surface area contributed by atoms with Crippen LogP contribution in [0.15, 0.2) is 48.8 Å². The van der Waals surface area contributed by atoms with Crippen molar-refractivity contribution in [1.29, 1.82) is 0 Å². The molecule has 1 amide bonds. The quantitative estimate of drug-likeness (QED) is 0.797. The summed E-state index contributed by atoms with van der Waals surface area (Å²) < 4.78 is 19.9. The van der Waals surface area contributed by atoms with E-state index in [1.165, 1.54) is 42.4 Å². The minimum Gasteiger partial charge on any atom is -0.494 e. The van der Waals surface area contributed by atoms with E-state index in [9.17, 15) is 9.18 Å². The topological polar surface area (TPSA) is 81.9 Å². The molecule has 0 saturated heterocycles. The van der Waals surface area contributed by atoms with Gasteiger partial charge in [0.25, 0.3) is 5.91 Å². The van der Waals surface area contributed by atoms with Gasteiger partial charge in [-0.1, -0.05) is 6.07 Å². The number of aromatic nitrogens is 4. The van der Waals surface area contributed by atoms with Crippen molar-refractivity contribution in [1.82, 2.24) is 20.2 Å². The lowest BCUT2D eigenvalue weighted by Gasteiger charge is -2.11. The maximum Gasteiger partial charge on any atom is 0.255 e. The first-order valence-corrected chi connectivity index (χ1v) is 6.65. The van der Waals surface area contributed by atoms with Crippen LogP contribution in [-0.2, 0) is 0 Å². The van der Waals surface area contributed by atoms with Crippen LogP contribution in [0.3, 0.4) is 0 Å². The maximum absolute atomic E-state index is 13.2. The number of tetrazole rings is 1. The maximum atomic E-state index is 13.2. The first kappa shape index (κ1) is 14.6. The first-order chi connectivity index (χ1) is 11.2. The Labute approximate surface area is 130 Å². The molecule has 8 heteroatoms. The second kappa shape index (κ2) is 6.22. The monoisotopic (exact) mass is 313 g/mol. The highest BCUT2D eigenvalue weighted by atomic mass is 19.1. The van der Waals surface area contributed by atoms with Gasteiger partial charge in [-0.2, -0.15) is 4.68 Å². The number of nitrogens with one attached hydrogen (secondary N) is 1. The van der Waals surface area contributed by atoms with Gasteiger partial charge in [-0.3, -0.25) is 4.79 Å². The van der Waals surface area contributed by atoms with E-state index < -0.39 is 11.7 Å². The lowest BCUT2D eigenvalue weighted by molar-refractivity contribution is 0.102. The minimum atomic E-state index is -0.471. The molecule has 116 valence electrons. The van der Waals surface area contributed by atoms with Crippen molar-refractivity contribution in [2.24, 2.45) is 0 Å². The third-order valence-corrected chi connectivity index (χ3v) is 3.12. The van der Waals surface area contributed by atoms with Crippen LogP contribution in [0, 0.1) is 5.82 Å². The zero-order chi connectivity index (χ0) is 16.2. The summed E-state index contributed by atoms with van der Waals surface area (Å²) in [5.74, 6) is -0.347. The van der Waals surface area contributed by atoms with Crippen molar-refractivity contribution in [3.63, 3.8) is 0 Å². The van der Waals surface area contributed by atoms with Crippen LogP contribution >= 0.6 is 0 Å². The predicted molar refractivity (Wildman–Crippen MR) is 80.1 cm³/mol. The first-order valence-electron chi connectivity index (χ1n) is 6.65. The summed E-state index contributed by atoms with van der Waals surface area (Å²) in [4.78, 5) is 12.2. The lowest BCUT2D eigenvalue weighted by Crippen LogP contribution is -2.12. The van der Waals surface area contributed by atoms with Crippen LogP contribution < -0.4 is 10.1 Å². The molecule has 0 atom stereocenters. The van der Waals surface area contributed by atoms with Crippen LogP contribution in [0.2, 0.25) is 0 Å². The third kappa shape index (κ3) is 3.15. The zero-order valence-corrected chi connectivity index (χ0v) is 12.1. The molecule has 0 unspecified atom stereocenters. The number of ether oxygens (including phenoxy) is 1. The predicted octanol–water partition coefficient (Wildman–Crippen LogP) is 2.06. The molecular formula is C15H12FN5O2. The smallest absolute Gasteiger partial charge is 0.255 e.